The van der Waals surface area contributed by atoms with E-state index in [2.05, 4.69) is 37.6 Å². The van der Waals surface area contributed by atoms with E-state index in [-0.39, 0.29) is 5.54 Å². The van der Waals surface area contributed by atoms with Gasteiger partial charge in [0.25, 0.3) is 0 Å². The zero-order valence-corrected chi connectivity index (χ0v) is 14.8. The fourth-order valence-electron chi connectivity index (χ4n) is 4.30. The average molecular weight is 296 g/mol. The summed E-state index contributed by atoms with van der Waals surface area (Å²) in [5.74, 6) is 0.865. The molecular formula is C18H37N3. The van der Waals surface area contributed by atoms with Crippen LogP contribution in [0, 0.1) is 11.3 Å². The molecule has 0 unspecified atom stereocenters. The van der Waals surface area contributed by atoms with Gasteiger partial charge in [0.05, 0.1) is 0 Å². The number of nitrogens with two attached hydrogens (primary N) is 1. The van der Waals surface area contributed by atoms with Crippen LogP contribution < -0.4 is 5.73 Å². The summed E-state index contributed by atoms with van der Waals surface area (Å²) < 4.78 is 0. The van der Waals surface area contributed by atoms with Crippen molar-refractivity contribution in [1.82, 2.24) is 9.80 Å². The molecule has 1 heterocycles. The van der Waals surface area contributed by atoms with Gasteiger partial charge in [0.2, 0.25) is 0 Å². The van der Waals surface area contributed by atoms with Crippen LogP contribution >= 0.6 is 0 Å². The molecule has 1 saturated carbocycles. The van der Waals surface area contributed by atoms with Crippen molar-refractivity contribution in [3.63, 3.8) is 0 Å². The highest BCUT2D eigenvalue weighted by Crippen LogP contribution is 2.42. The van der Waals surface area contributed by atoms with Crippen LogP contribution in [-0.4, -0.2) is 55.1 Å². The SMILES string of the molecule is CN(CCN1CCCC1)C1(CN)CCC(C(C)(C)C)CC1. The van der Waals surface area contributed by atoms with Crippen molar-refractivity contribution in [2.24, 2.45) is 17.1 Å². The second kappa shape index (κ2) is 6.97. The van der Waals surface area contributed by atoms with E-state index in [4.69, 9.17) is 5.73 Å². The highest BCUT2D eigenvalue weighted by Gasteiger charge is 2.40. The van der Waals surface area contributed by atoms with Gasteiger partial charge in [-0.1, -0.05) is 20.8 Å². The number of hydrogen-bond donors (Lipinski definition) is 1. The van der Waals surface area contributed by atoms with Gasteiger partial charge in [-0.15, -0.1) is 0 Å². The summed E-state index contributed by atoms with van der Waals surface area (Å²) in [7, 11) is 2.31. The van der Waals surface area contributed by atoms with Gasteiger partial charge in [-0.25, -0.2) is 0 Å². The van der Waals surface area contributed by atoms with Crippen molar-refractivity contribution < 1.29 is 0 Å². The van der Waals surface area contributed by atoms with Crippen LogP contribution in [0.2, 0.25) is 0 Å². The van der Waals surface area contributed by atoms with Crippen LogP contribution in [0.15, 0.2) is 0 Å². The van der Waals surface area contributed by atoms with E-state index in [0.717, 1.165) is 12.5 Å². The van der Waals surface area contributed by atoms with Gasteiger partial charge in [0, 0.05) is 25.2 Å². The summed E-state index contributed by atoms with van der Waals surface area (Å²) >= 11 is 0. The van der Waals surface area contributed by atoms with Gasteiger partial charge in [0.1, 0.15) is 0 Å². The molecule has 2 N–H and O–H groups in total. The lowest BCUT2D eigenvalue weighted by Crippen LogP contribution is -2.56. The lowest BCUT2D eigenvalue weighted by atomic mass is 9.67. The Morgan fingerprint density at radius 2 is 1.71 bits per heavy atom. The number of likely N-dealkylation sites (N-methyl/N-ethyl adjacent to an activating group) is 1. The molecule has 21 heavy (non-hydrogen) atoms. The van der Waals surface area contributed by atoms with Crippen molar-refractivity contribution in [3.8, 4) is 0 Å². The van der Waals surface area contributed by atoms with Crippen molar-refractivity contribution in [1.29, 1.82) is 0 Å². The summed E-state index contributed by atoms with van der Waals surface area (Å²) in [6.07, 6.45) is 8.02. The Labute approximate surface area is 132 Å². The molecule has 2 rings (SSSR count). The molecule has 0 spiro atoms. The molecule has 3 nitrogen and oxygen atoms in total. The van der Waals surface area contributed by atoms with Crippen molar-refractivity contribution in [2.45, 2.75) is 64.8 Å². The van der Waals surface area contributed by atoms with Crippen LogP contribution in [-0.2, 0) is 0 Å². The largest absolute Gasteiger partial charge is 0.329 e. The van der Waals surface area contributed by atoms with Gasteiger partial charge in [-0.2, -0.15) is 0 Å². The molecule has 1 aliphatic carbocycles. The molecule has 0 aromatic rings. The lowest BCUT2D eigenvalue weighted by molar-refractivity contribution is 0.0337. The molecule has 0 radical (unpaired) electrons. The Kier molecular flexibility index (Phi) is 5.72. The summed E-state index contributed by atoms with van der Waals surface area (Å²) in [5, 5.41) is 0. The monoisotopic (exact) mass is 295 g/mol. The Morgan fingerprint density at radius 1 is 1.14 bits per heavy atom. The minimum absolute atomic E-state index is 0.265. The Bertz CT molecular complexity index is 307. The number of likely N-dealkylation sites (tertiary alicyclic amines) is 1. The molecule has 0 atom stereocenters. The highest BCUT2D eigenvalue weighted by atomic mass is 15.2. The van der Waals surface area contributed by atoms with Crippen LogP contribution in [0.4, 0.5) is 0 Å². The first-order valence-electron chi connectivity index (χ1n) is 9.01. The molecule has 0 amide bonds. The summed E-state index contributed by atoms with van der Waals surface area (Å²) in [6.45, 7) is 13.0. The average Bonchev–Trinajstić information content (AvgIpc) is 2.97. The molecule has 1 aliphatic heterocycles. The molecule has 124 valence electrons. The van der Waals surface area contributed by atoms with E-state index in [1.165, 1.54) is 64.7 Å². The molecular weight excluding hydrogens is 258 g/mol. The Morgan fingerprint density at radius 3 is 2.19 bits per heavy atom. The maximum absolute atomic E-state index is 6.22. The third-order valence-corrected chi connectivity index (χ3v) is 6.28. The summed E-state index contributed by atoms with van der Waals surface area (Å²) in [5.41, 5.74) is 6.94. The normalized spacial score (nSPS) is 32.0. The van der Waals surface area contributed by atoms with E-state index in [9.17, 15) is 0 Å². The third-order valence-electron chi connectivity index (χ3n) is 6.28. The Hall–Kier alpha value is -0.120. The van der Waals surface area contributed by atoms with Gasteiger partial charge in [0.15, 0.2) is 0 Å². The van der Waals surface area contributed by atoms with E-state index < -0.39 is 0 Å². The van der Waals surface area contributed by atoms with Gasteiger partial charge >= 0.3 is 0 Å². The Balaban J connectivity index is 1.86. The van der Waals surface area contributed by atoms with Crippen LogP contribution in [0.3, 0.4) is 0 Å². The van der Waals surface area contributed by atoms with Crippen LogP contribution in [0.25, 0.3) is 0 Å². The molecule has 0 aromatic carbocycles. The minimum atomic E-state index is 0.265. The van der Waals surface area contributed by atoms with Crippen molar-refractivity contribution >= 4 is 0 Å². The number of rotatable bonds is 5. The van der Waals surface area contributed by atoms with Gasteiger partial charge in [-0.05, 0) is 70.0 Å². The predicted octanol–water partition coefficient (Wildman–Crippen LogP) is 2.95. The van der Waals surface area contributed by atoms with Crippen LogP contribution in [0.5, 0.6) is 0 Å². The van der Waals surface area contributed by atoms with E-state index in [1.807, 2.05) is 0 Å². The van der Waals surface area contributed by atoms with Gasteiger partial charge in [-0.3, -0.25) is 4.90 Å². The van der Waals surface area contributed by atoms with E-state index in [0.29, 0.717) is 5.41 Å². The quantitative estimate of drug-likeness (QED) is 0.846. The summed E-state index contributed by atoms with van der Waals surface area (Å²) in [4.78, 5) is 5.20. The maximum atomic E-state index is 6.22. The second-order valence-electron chi connectivity index (χ2n) is 8.54. The first-order valence-corrected chi connectivity index (χ1v) is 9.01. The highest BCUT2D eigenvalue weighted by molar-refractivity contribution is 4.96. The smallest absolute Gasteiger partial charge is 0.0329 e. The first kappa shape index (κ1) is 17.2. The second-order valence-corrected chi connectivity index (χ2v) is 8.54. The molecule has 0 aromatic heterocycles. The molecule has 1 saturated heterocycles. The third kappa shape index (κ3) is 4.20. The molecule has 3 heteroatoms. The van der Waals surface area contributed by atoms with E-state index in [1.54, 1.807) is 0 Å². The zero-order valence-electron chi connectivity index (χ0n) is 14.8. The first-order chi connectivity index (χ1) is 9.87. The number of hydrogen-bond acceptors (Lipinski definition) is 3. The zero-order chi connectivity index (χ0) is 15.5. The number of nitrogens with zero attached hydrogens (tertiary/aromatic N) is 2. The maximum Gasteiger partial charge on any atom is 0.0329 e. The fourth-order valence-corrected chi connectivity index (χ4v) is 4.30. The van der Waals surface area contributed by atoms with Crippen molar-refractivity contribution in [3.05, 3.63) is 0 Å². The van der Waals surface area contributed by atoms with Gasteiger partial charge < -0.3 is 10.6 Å². The lowest BCUT2D eigenvalue weighted by Gasteiger charge is -2.48. The molecule has 2 aliphatic rings. The molecule has 2 fully saturated rings. The fraction of sp³-hybridized carbons (Fsp3) is 1.00. The standard InChI is InChI=1S/C18H37N3/c1-17(2,3)16-7-9-18(15-19,10-8-16)20(4)13-14-21-11-5-6-12-21/h16H,5-15,19H2,1-4H3. The van der Waals surface area contributed by atoms with Crippen molar-refractivity contribution in [2.75, 3.05) is 39.8 Å². The van der Waals surface area contributed by atoms with Crippen LogP contribution in [0.1, 0.15) is 59.3 Å². The minimum Gasteiger partial charge on any atom is -0.329 e. The topological polar surface area (TPSA) is 32.5 Å². The molecule has 0 bridgehead atoms. The predicted molar refractivity (Wildman–Crippen MR) is 91.5 cm³/mol. The summed E-state index contributed by atoms with van der Waals surface area (Å²) in [6, 6.07) is 0. The van der Waals surface area contributed by atoms with E-state index >= 15 is 0 Å².